The normalized spacial score (nSPS) is 10.7. The molecule has 2 aromatic rings. The monoisotopic (exact) mass is 329 g/mol. The highest BCUT2D eigenvalue weighted by atomic mass is 32.1. The molecule has 0 saturated heterocycles. The molecule has 2 rings (SSSR count). The van der Waals surface area contributed by atoms with E-state index in [1.807, 2.05) is 48.7 Å². The summed E-state index contributed by atoms with van der Waals surface area (Å²) in [6.45, 7) is 2.18. The standard InChI is InChI=1S/C17H19N3O2S/c1-13-4-6-14(7-5-13)22-12-17(21)20(16(19)8-9-18)11-15-3-2-10-23-15/h2-10,19H,11-12,18H2,1H3/b9-8-,19-16?. The minimum atomic E-state index is -0.290. The van der Waals surface area contributed by atoms with E-state index >= 15 is 0 Å². The third-order valence-electron chi connectivity index (χ3n) is 3.12. The third-order valence-corrected chi connectivity index (χ3v) is 3.98. The van der Waals surface area contributed by atoms with Gasteiger partial charge in [-0.3, -0.25) is 15.1 Å². The van der Waals surface area contributed by atoms with E-state index < -0.39 is 0 Å². The molecule has 0 spiro atoms. The first-order chi connectivity index (χ1) is 11.1. The average molecular weight is 329 g/mol. The van der Waals surface area contributed by atoms with E-state index in [1.165, 1.54) is 28.5 Å². The highest BCUT2D eigenvalue weighted by Crippen LogP contribution is 2.14. The van der Waals surface area contributed by atoms with Crippen molar-refractivity contribution < 1.29 is 9.53 Å². The van der Waals surface area contributed by atoms with Crippen molar-refractivity contribution >= 4 is 23.1 Å². The van der Waals surface area contributed by atoms with Gasteiger partial charge in [0.1, 0.15) is 11.6 Å². The summed E-state index contributed by atoms with van der Waals surface area (Å²) in [5, 5.41) is 9.91. The van der Waals surface area contributed by atoms with Gasteiger partial charge in [-0.15, -0.1) is 11.3 Å². The van der Waals surface area contributed by atoms with Crippen molar-refractivity contribution in [3.05, 3.63) is 64.5 Å². The first kappa shape index (κ1) is 16.8. The fraction of sp³-hybridized carbons (Fsp3) is 0.176. The van der Waals surface area contributed by atoms with Gasteiger partial charge in [0.15, 0.2) is 6.61 Å². The molecule has 1 aromatic heterocycles. The summed E-state index contributed by atoms with van der Waals surface area (Å²) < 4.78 is 5.51. The SMILES string of the molecule is Cc1ccc(OCC(=O)N(Cc2cccs2)C(=N)/C=C\N)cc1. The maximum atomic E-state index is 12.4. The van der Waals surface area contributed by atoms with E-state index in [4.69, 9.17) is 15.9 Å². The molecule has 0 atom stereocenters. The number of amides is 1. The molecule has 120 valence electrons. The van der Waals surface area contributed by atoms with Gasteiger partial charge in [0, 0.05) is 4.88 Å². The lowest BCUT2D eigenvalue weighted by Gasteiger charge is -2.21. The van der Waals surface area contributed by atoms with E-state index in [9.17, 15) is 4.79 Å². The molecule has 6 heteroatoms. The summed E-state index contributed by atoms with van der Waals surface area (Å²) in [7, 11) is 0. The summed E-state index contributed by atoms with van der Waals surface area (Å²) in [4.78, 5) is 14.8. The lowest BCUT2D eigenvalue weighted by Crippen LogP contribution is -2.38. The molecule has 0 radical (unpaired) electrons. The molecular formula is C17H19N3O2S. The van der Waals surface area contributed by atoms with Crippen LogP contribution in [0.2, 0.25) is 0 Å². The van der Waals surface area contributed by atoms with Gasteiger partial charge in [0.05, 0.1) is 6.54 Å². The van der Waals surface area contributed by atoms with Crippen molar-refractivity contribution in [2.45, 2.75) is 13.5 Å². The Morgan fingerprint density at radius 1 is 1.35 bits per heavy atom. The molecule has 1 heterocycles. The van der Waals surface area contributed by atoms with Gasteiger partial charge >= 0.3 is 0 Å². The Balaban J connectivity index is 2.03. The Kier molecular flexibility index (Phi) is 5.94. The number of carbonyl (C=O) groups excluding carboxylic acids is 1. The lowest BCUT2D eigenvalue weighted by molar-refractivity contribution is -0.129. The zero-order valence-corrected chi connectivity index (χ0v) is 13.7. The van der Waals surface area contributed by atoms with Crippen molar-refractivity contribution in [3.63, 3.8) is 0 Å². The largest absolute Gasteiger partial charge is 0.484 e. The second kappa shape index (κ2) is 8.14. The van der Waals surface area contributed by atoms with Crippen LogP contribution in [0.5, 0.6) is 5.75 Å². The number of nitrogens with two attached hydrogens (primary N) is 1. The molecule has 1 aromatic carbocycles. The summed E-state index contributed by atoms with van der Waals surface area (Å²) >= 11 is 1.53. The third kappa shape index (κ3) is 4.96. The Bertz CT molecular complexity index is 678. The van der Waals surface area contributed by atoms with E-state index in [-0.39, 0.29) is 18.3 Å². The van der Waals surface area contributed by atoms with Crippen molar-refractivity contribution in [1.82, 2.24) is 4.90 Å². The summed E-state index contributed by atoms with van der Waals surface area (Å²) in [6.07, 6.45) is 2.63. The fourth-order valence-corrected chi connectivity index (χ4v) is 2.60. The van der Waals surface area contributed by atoms with Crippen LogP contribution >= 0.6 is 11.3 Å². The van der Waals surface area contributed by atoms with Crippen LogP contribution in [0.3, 0.4) is 0 Å². The van der Waals surface area contributed by atoms with E-state index in [0.717, 1.165) is 10.4 Å². The molecule has 0 aliphatic heterocycles. The Labute approximate surface area is 139 Å². The number of nitrogens with one attached hydrogen (secondary N) is 1. The van der Waals surface area contributed by atoms with Crippen LogP contribution in [0, 0.1) is 12.3 Å². The molecule has 0 saturated carbocycles. The molecule has 23 heavy (non-hydrogen) atoms. The van der Waals surface area contributed by atoms with Crippen molar-refractivity contribution in [1.29, 1.82) is 5.41 Å². The smallest absolute Gasteiger partial charge is 0.266 e. The number of rotatable bonds is 6. The van der Waals surface area contributed by atoms with E-state index in [1.54, 1.807) is 0 Å². The Morgan fingerprint density at radius 3 is 2.70 bits per heavy atom. The molecule has 0 fully saturated rings. The van der Waals surface area contributed by atoms with Gasteiger partial charge in [-0.1, -0.05) is 23.8 Å². The quantitative estimate of drug-likeness (QED) is 0.632. The second-order valence-corrected chi connectivity index (χ2v) is 5.94. The van der Waals surface area contributed by atoms with Crippen LogP contribution in [0.1, 0.15) is 10.4 Å². The van der Waals surface area contributed by atoms with E-state index in [2.05, 4.69) is 0 Å². The highest BCUT2D eigenvalue weighted by Gasteiger charge is 2.18. The zero-order valence-electron chi connectivity index (χ0n) is 12.9. The fourth-order valence-electron chi connectivity index (χ4n) is 1.90. The molecule has 0 unspecified atom stereocenters. The number of ether oxygens (including phenoxy) is 1. The number of aryl methyl sites for hydroxylation is 1. The molecule has 3 N–H and O–H groups in total. The van der Waals surface area contributed by atoms with Gasteiger partial charge in [-0.25, -0.2) is 0 Å². The number of hydrogen-bond acceptors (Lipinski definition) is 5. The van der Waals surface area contributed by atoms with E-state index in [0.29, 0.717) is 12.3 Å². The predicted octanol–water partition coefficient (Wildman–Crippen LogP) is 2.91. The maximum absolute atomic E-state index is 12.4. The van der Waals surface area contributed by atoms with Crippen LogP contribution in [0.15, 0.2) is 54.1 Å². The summed E-state index contributed by atoms with van der Waals surface area (Å²) in [5.74, 6) is 0.376. The van der Waals surface area contributed by atoms with Crippen molar-refractivity contribution in [3.8, 4) is 5.75 Å². The zero-order chi connectivity index (χ0) is 16.7. The van der Waals surface area contributed by atoms with Crippen LogP contribution in [0.4, 0.5) is 0 Å². The van der Waals surface area contributed by atoms with Gasteiger partial charge in [0.2, 0.25) is 0 Å². The molecule has 0 aliphatic carbocycles. The first-order valence-corrected chi connectivity index (χ1v) is 7.97. The maximum Gasteiger partial charge on any atom is 0.266 e. The van der Waals surface area contributed by atoms with Gasteiger partial charge in [0.25, 0.3) is 5.91 Å². The van der Waals surface area contributed by atoms with Crippen LogP contribution < -0.4 is 10.5 Å². The lowest BCUT2D eigenvalue weighted by atomic mass is 10.2. The Hall–Kier alpha value is -2.60. The average Bonchev–Trinajstić information content (AvgIpc) is 3.05. The van der Waals surface area contributed by atoms with Crippen molar-refractivity contribution in [2.75, 3.05) is 6.61 Å². The second-order valence-electron chi connectivity index (χ2n) is 4.91. The molecule has 5 nitrogen and oxygen atoms in total. The molecular weight excluding hydrogens is 310 g/mol. The van der Waals surface area contributed by atoms with Gasteiger partial charge < -0.3 is 10.5 Å². The molecule has 1 amide bonds. The highest BCUT2D eigenvalue weighted by molar-refractivity contribution is 7.09. The van der Waals surface area contributed by atoms with Crippen LogP contribution in [-0.4, -0.2) is 23.2 Å². The summed E-state index contributed by atoms with van der Waals surface area (Å²) in [5.41, 5.74) is 6.45. The number of nitrogens with zero attached hydrogens (tertiary/aromatic N) is 1. The van der Waals surface area contributed by atoms with Gasteiger partial charge in [-0.05, 0) is 42.8 Å². The minimum Gasteiger partial charge on any atom is -0.484 e. The number of carbonyl (C=O) groups is 1. The predicted molar refractivity (Wildman–Crippen MR) is 92.6 cm³/mol. The minimum absolute atomic E-state index is 0.0402. The number of hydrogen-bond donors (Lipinski definition) is 2. The molecule has 0 aliphatic rings. The number of thiophene rings is 1. The number of benzene rings is 1. The topological polar surface area (TPSA) is 79.4 Å². The first-order valence-electron chi connectivity index (χ1n) is 7.09. The summed E-state index contributed by atoms with van der Waals surface area (Å²) in [6, 6.07) is 11.3. The number of amidine groups is 1. The van der Waals surface area contributed by atoms with Crippen LogP contribution in [0.25, 0.3) is 0 Å². The molecule has 0 bridgehead atoms. The van der Waals surface area contributed by atoms with Crippen LogP contribution in [-0.2, 0) is 11.3 Å². The Morgan fingerprint density at radius 2 is 2.09 bits per heavy atom. The van der Waals surface area contributed by atoms with Crippen molar-refractivity contribution in [2.24, 2.45) is 5.73 Å². The van der Waals surface area contributed by atoms with Gasteiger partial charge in [-0.2, -0.15) is 0 Å².